The van der Waals surface area contributed by atoms with Gasteiger partial charge in [-0.1, -0.05) is 20.8 Å². The Bertz CT molecular complexity index is 558. The molecule has 2 fully saturated rings. The molecule has 1 heterocycles. The highest BCUT2D eigenvalue weighted by atomic mass is 16.5. The number of hydrogen-bond donors (Lipinski definition) is 1. The zero-order chi connectivity index (χ0) is 14.5. The molecule has 0 aliphatic heterocycles. The van der Waals surface area contributed by atoms with Gasteiger partial charge in [-0.25, -0.2) is 14.8 Å². The van der Waals surface area contributed by atoms with Gasteiger partial charge < -0.3 is 10.5 Å². The molecule has 0 radical (unpaired) electrons. The number of nitrogens with two attached hydrogens (primary N) is 1. The van der Waals surface area contributed by atoms with E-state index in [4.69, 9.17) is 10.5 Å². The van der Waals surface area contributed by atoms with Crippen molar-refractivity contribution < 1.29 is 9.53 Å². The molecule has 0 spiro atoms. The molecule has 2 aliphatic rings. The van der Waals surface area contributed by atoms with Crippen molar-refractivity contribution in [3.63, 3.8) is 0 Å². The molecular formula is C15H21N3O2. The molecule has 2 bridgehead atoms. The molecule has 0 amide bonds. The van der Waals surface area contributed by atoms with Crippen LogP contribution in [0.4, 0.5) is 5.82 Å². The molecule has 0 aromatic carbocycles. The van der Waals surface area contributed by atoms with Gasteiger partial charge in [0.05, 0.1) is 0 Å². The fourth-order valence-corrected chi connectivity index (χ4v) is 4.00. The molecule has 20 heavy (non-hydrogen) atoms. The molecule has 108 valence electrons. The molecule has 2 aliphatic carbocycles. The minimum absolute atomic E-state index is 0.0459. The number of aromatic nitrogens is 2. The average Bonchev–Trinajstić information content (AvgIpc) is 2.72. The van der Waals surface area contributed by atoms with E-state index >= 15 is 0 Å². The predicted molar refractivity (Wildman–Crippen MR) is 74.9 cm³/mol. The first kappa shape index (κ1) is 13.3. The van der Waals surface area contributed by atoms with Crippen molar-refractivity contribution in [2.75, 3.05) is 5.73 Å². The summed E-state index contributed by atoms with van der Waals surface area (Å²) >= 11 is 0. The lowest BCUT2D eigenvalue weighted by atomic mass is 9.70. The molecule has 2 saturated carbocycles. The van der Waals surface area contributed by atoms with E-state index in [-0.39, 0.29) is 28.4 Å². The van der Waals surface area contributed by atoms with Crippen LogP contribution in [0.15, 0.2) is 12.4 Å². The van der Waals surface area contributed by atoms with E-state index in [1.54, 1.807) is 0 Å². The molecule has 1 aromatic rings. The summed E-state index contributed by atoms with van der Waals surface area (Å²) in [6.45, 7) is 6.81. The largest absolute Gasteiger partial charge is 0.457 e. The van der Waals surface area contributed by atoms with Crippen LogP contribution in [0.25, 0.3) is 0 Å². The number of nitrogen functional groups attached to an aromatic ring is 1. The van der Waals surface area contributed by atoms with Gasteiger partial charge in [0.2, 0.25) is 0 Å². The van der Waals surface area contributed by atoms with Crippen molar-refractivity contribution >= 4 is 11.8 Å². The lowest BCUT2D eigenvalue weighted by molar-refractivity contribution is -0.0246. The van der Waals surface area contributed by atoms with Gasteiger partial charge in [-0.05, 0) is 30.6 Å². The first-order valence-corrected chi connectivity index (χ1v) is 7.14. The van der Waals surface area contributed by atoms with Gasteiger partial charge >= 0.3 is 5.97 Å². The molecule has 3 unspecified atom stereocenters. The quantitative estimate of drug-likeness (QED) is 0.839. The fraction of sp³-hybridized carbons (Fsp3) is 0.667. The zero-order valence-corrected chi connectivity index (χ0v) is 12.2. The van der Waals surface area contributed by atoms with E-state index in [0.29, 0.717) is 5.92 Å². The summed E-state index contributed by atoms with van der Waals surface area (Å²) in [4.78, 5) is 20.1. The first-order chi connectivity index (χ1) is 9.36. The summed E-state index contributed by atoms with van der Waals surface area (Å²) in [5.74, 6) is 0.305. The number of nitrogens with zero attached hydrogens (tertiary/aromatic N) is 2. The van der Waals surface area contributed by atoms with Gasteiger partial charge in [-0.3, -0.25) is 0 Å². The predicted octanol–water partition coefficient (Wildman–Crippen LogP) is 2.43. The lowest BCUT2D eigenvalue weighted by Gasteiger charge is -2.38. The summed E-state index contributed by atoms with van der Waals surface area (Å²) < 4.78 is 5.73. The van der Waals surface area contributed by atoms with Gasteiger partial charge in [0, 0.05) is 17.8 Å². The van der Waals surface area contributed by atoms with E-state index in [2.05, 4.69) is 30.7 Å². The van der Waals surface area contributed by atoms with Gasteiger partial charge in [0.25, 0.3) is 0 Å². The van der Waals surface area contributed by atoms with Crippen LogP contribution < -0.4 is 5.73 Å². The number of ether oxygens (including phenoxy) is 1. The molecule has 0 saturated heterocycles. The summed E-state index contributed by atoms with van der Waals surface area (Å²) in [5, 5.41) is 0. The molecule has 1 aromatic heterocycles. The van der Waals surface area contributed by atoms with Crippen LogP contribution in [0.5, 0.6) is 0 Å². The van der Waals surface area contributed by atoms with Crippen molar-refractivity contribution in [1.82, 2.24) is 9.97 Å². The Morgan fingerprint density at radius 3 is 2.60 bits per heavy atom. The second-order valence-corrected chi connectivity index (χ2v) is 6.79. The highest BCUT2D eigenvalue weighted by molar-refractivity contribution is 5.91. The zero-order valence-electron chi connectivity index (χ0n) is 12.2. The van der Waals surface area contributed by atoms with Crippen molar-refractivity contribution in [2.24, 2.45) is 16.7 Å². The second-order valence-electron chi connectivity index (χ2n) is 6.79. The van der Waals surface area contributed by atoms with Gasteiger partial charge in [-0.15, -0.1) is 0 Å². The number of fused-ring (bicyclic) bond motifs is 2. The maximum Gasteiger partial charge on any atom is 0.361 e. The van der Waals surface area contributed by atoms with Crippen LogP contribution in [0.2, 0.25) is 0 Å². The molecule has 3 atom stereocenters. The number of carbonyl (C=O) groups is 1. The lowest BCUT2D eigenvalue weighted by Crippen LogP contribution is -2.38. The molecule has 2 N–H and O–H groups in total. The highest BCUT2D eigenvalue weighted by Gasteiger charge is 2.62. The van der Waals surface area contributed by atoms with Crippen molar-refractivity contribution in [1.29, 1.82) is 0 Å². The van der Waals surface area contributed by atoms with Crippen LogP contribution in [-0.4, -0.2) is 22.0 Å². The molecule has 5 nitrogen and oxygen atoms in total. The summed E-state index contributed by atoms with van der Waals surface area (Å²) in [6, 6.07) is 0. The minimum Gasteiger partial charge on any atom is -0.457 e. The third-order valence-electron chi connectivity index (χ3n) is 5.88. The Balaban J connectivity index is 1.81. The van der Waals surface area contributed by atoms with E-state index in [9.17, 15) is 4.79 Å². The minimum atomic E-state index is -0.454. The van der Waals surface area contributed by atoms with E-state index in [1.165, 1.54) is 18.8 Å². The SMILES string of the molecule is CC1(C)C2CCC1(C)C(OC(=O)c1nccnc1N)C2. The van der Waals surface area contributed by atoms with Crippen molar-refractivity contribution in [3.8, 4) is 0 Å². The highest BCUT2D eigenvalue weighted by Crippen LogP contribution is 2.66. The van der Waals surface area contributed by atoms with Crippen LogP contribution >= 0.6 is 0 Å². The van der Waals surface area contributed by atoms with Crippen LogP contribution in [-0.2, 0) is 4.74 Å². The molecule has 3 rings (SSSR count). The van der Waals surface area contributed by atoms with Crippen LogP contribution in [0.3, 0.4) is 0 Å². The summed E-state index contributed by atoms with van der Waals surface area (Å²) in [7, 11) is 0. The van der Waals surface area contributed by atoms with Crippen molar-refractivity contribution in [2.45, 2.75) is 46.1 Å². The van der Waals surface area contributed by atoms with Gasteiger partial charge in [-0.2, -0.15) is 0 Å². The second kappa shape index (κ2) is 4.17. The monoisotopic (exact) mass is 275 g/mol. The van der Waals surface area contributed by atoms with E-state index < -0.39 is 5.97 Å². The number of anilines is 1. The summed E-state index contributed by atoms with van der Waals surface area (Å²) in [5.41, 5.74) is 6.07. The third kappa shape index (κ3) is 1.65. The maximum absolute atomic E-state index is 12.2. The standard InChI is InChI=1S/C15H21N3O2/c1-14(2)9-4-5-15(14,3)10(8-9)20-13(19)11-12(16)18-7-6-17-11/h6-7,9-10H,4-5,8H2,1-3H3,(H2,16,18). The third-order valence-corrected chi connectivity index (χ3v) is 5.88. The average molecular weight is 275 g/mol. The Hall–Kier alpha value is -1.65. The fourth-order valence-electron chi connectivity index (χ4n) is 4.00. The maximum atomic E-state index is 12.2. The molecule has 5 heteroatoms. The first-order valence-electron chi connectivity index (χ1n) is 7.14. The van der Waals surface area contributed by atoms with Crippen LogP contribution in [0, 0.1) is 16.7 Å². The van der Waals surface area contributed by atoms with Gasteiger partial charge in [0.1, 0.15) is 6.10 Å². The number of hydrogen-bond acceptors (Lipinski definition) is 5. The molecular weight excluding hydrogens is 254 g/mol. The Morgan fingerprint density at radius 1 is 1.35 bits per heavy atom. The Morgan fingerprint density at radius 2 is 2.05 bits per heavy atom. The normalized spacial score (nSPS) is 34.1. The summed E-state index contributed by atoms with van der Waals surface area (Å²) in [6.07, 6.45) is 6.15. The van der Waals surface area contributed by atoms with Crippen molar-refractivity contribution in [3.05, 3.63) is 18.1 Å². The Labute approximate surface area is 118 Å². The van der Waals surface area contributed by atoms with Crippen LogP contribution in [0.1, 0.15) is 50.5 Å². The number of carbonyl (C=O) groups excluding carboxylic acids is 1. The number of esters is 1. The topological polar surface area (TPSA) is 78.1 Å². The van der Waals surface area contributed by atoms with Gasteiger partial charge in [0.15, 0.2) is 11.5 Å². The number of rotatable bonds is 2. The van der Waals surface area contributed by atoms with E-state index in [1.807, 2.05) is 0 Å². The van der Waals surface area contributed by atoms with E-state index in [0.717, 1.165) is 12.8 Å². The smallest absolute Gasteiger partial charge is 0.361 e. The Kier molecular flexibility index (Phi) is 2.78.